The van der Waals surface area contributed by atoms with Crippen molar-refractivity contribution < 1.29 is 28.9 Å². The molecule has 2 aromatic rings. The quantitative estimate of drug-likeness (QED) is 0.248. The van der Waals surface area contributed by atoms with E-state index in [1.165, 1.54) is 18.1 Å². The van der Waals surface area contributed by atoms with E-state index in [4.69, 9.17) is 25.8 Å². The Morgan fingerprint density at radius 1 is 1.06 bits per heavy atom. The monoisotopic (exact) mass is 473 g/mol. The maximum atomic E-state index is 13.1. The van der Waals surface area contributed by atoms with E-state index in [-0.39, 0.29) is 34.6 Å². The average Bonchev–Trinajstić information content (AvgIpc) is 3.06. The second-order valence-electron chi connectivity index (χ2n) is 7.88. The molecule has 8 heteroatoms. The molecular formula is C25H28ClNO6. The number of likely N-dealkylation sites (tertiary alicyclic amines) is 1. The van der Waals surface area contributed by atoms with Crippen LogP contribution in [0.2, 0.25) is 5.02 Å². The Bertz CT molecular complexity index is 1050. The van der Waals surface area contributed by atoms with Gasteiger partial charge in [0.15, 0.2) is 0 Å². The lowest BCUT2D eigenvalue weighted by Crippen LogP contribution is -2.31. The highest BCUT2D eigenvalue weighted by atomic mass is 35.5. The van der Waals surface area contributed by atoms with Crippen molar-refractivity contribution >= 4 is 29.1 Å². The lowest BCUT2D eigenvalue weighted by molar-refractivity contribution is -0.140. The van der Waals surface area contributed by atoms with Crippen molar-refractivity contribution in [2.24, 2.45) is 0 Å². The van der Waals surface area contributed by atoms with Gasteiger partial charge in [0, 0.05) is 18.7 Å². The fourth-order valence-electron chi connectivity index (χ4n) is 3.76. The van der Waals surface area contributed by atoms with Crippen molar-refractivity contribution in [2.75, 3.05) is 27.4 Å². The number of carbonyl (C=O) groups excluding carboxylic acids is 2. The van der Waals surface area contributed by atoms with E-state index in [1.54, 1.807) is 43.5 Å². The number of aliphatic hydroxyl groups excluding tert-OH is 1. The van der Waals surface area contributed by atoms with Gasteiger partial charge in [0.05, 0.1) is 37.0 Å². The third kappa shape index (κ3) is 5.31. The van der Waals surface area contributed by atoms with Crippen molar-refractivity contribution in [1.29, 1.82) is 0 Å². The summed E-state index contributed by atoms with van der Waals surface area (Å²) in [4.78, 5) is 27.6. The molecule has 1 saturated heterocycles. The number of hydrogen-bond acceptors (Lipinski definition) is 6. The van der Waals surface area contributed by atoms with Crippen molar-refractivity contribution in [3.8, 4) is 11.5 Å². The van der Waals surface area contributed by atoms with Gasteiger partial charge in [-0.3, -0.25) is 9.59 Å². The number of ketones is 1. The molecule has 176 valence electrons. The molecule has 0 bridgehead atoms. The third-order valence-corrected chi connectivity index (χ3v) is 5.72. The number of rotatable bonds is 9. The van der Waals surface area contributed by atoms with Crippen LogP contribution >= 0.6 is 11.6 Å². The van der Waals surface area contributed by atoms with Gasteiger partial charge >= 0.3 is 0 Å². The van der Waals surface area contributed by atoms with Gasteiger partial charge in [-0.15, -0.1) is 0 Å². The largest absolute Gasteiger partial charge is 0.507 e. The Kier molecular flexibility index (Phi) is 8.00. The lowest BCUT2D eigenvalue weighted by Gasteiger charge is -2.25. The Balaban J connectivity index is 2.08. The van der Waals surface area contributed by atoms with Gasteiger partial charge in [-0.25, -0.2) is 0 Å². The van der Waals surface area contributed by atoms with Crippen molar-refractivity contribution in [3.05, 3.63) is 64.2 Å². The Morgan fingerprint density at radius 3 is 2.30 bits per heavy atom. The molecule has 3 rings (SSSR count). The van der Waals surface area contributed by atoms with E-state index < -0.39 is 17.7 Å². The van der Waals surface area contributed by atoms with E-state index in [0.717, 1.165) is 0 Å². The van der Waals surface area contributed by atoms with Crippen LogP contribution in [0, 0.1) is 0 Å². The maximum Gasteiger partial charge on any atom is 0.295 e. The topological polar surface area (TPSA) is 85.3 Å². The highest BCUT2D eigenvalue weighted by molar-refractivity contribution is 6.47. The molecule has 0 spiro atoms. The SMILES string of the molecule is COc1ccc(C2/C(=C(\O)c3cc(OC)ccc3Cl)C(=O)C(=O)N2CCCOC(C)C)cc1. The summed E-state index contributed by atoms with van der Waals surface area (Å²) >= 11 is 6.32. The number of Topliss-reactive ketones (excluding diaryl/α,β-unsaturated/α-hetero) is 1. The first-order chi connectivity index (χ1) is 15.8. The molecule has 1 N–H and O–H groups in total. The molecule has 1 fully saturated rings. The first-order valence-corrected chi connectivity index (χ1v) is 11.0. The summed E-state index contributed by atoms with van der Waals surface area (Å²) in [7, 11) is 3.04. The zero-order valence-corrected chi connectivity index (χ0v) is 19.9. The Hall–Kier alpha value is -3.03. The first kappa shape index (κ1) is 24.6. The van der Waals surface area contributed by atoms with Crippen molar-refractivity contribution in [3.63, 3.8) is 0 Å². The maximum absolute atomic E-state index is 13.1. The molecular weight excluding hydrogens is 446 g/mol. The number of amides is 1. The number of ether oxygens (including phenoxy) is 3. The van der Waals surface area contributed by atoms with Crippen LogP contribution < -0.4 is 9.47 Å². The van der Waals surface area contributed by atoms with Gasteiger partial charge in [0.2, 0.25) is 0 Å². The number of methoxy groups -OCH3 is 2. The molecule has 0 radical (unpaired) electrons. The van der Waals surface area contributed by atoms with E-state index in [2.05, 4.69) is 0 Å². The molecule has 0 saturated carbocycles. The lowest BCUT2D eigenvalue weighted by atomic mass is 9.95. The molecule has 0 aromatic heterocycles. The highest BCUT2D eigenvalue weighted by Gasteiger charge is 2.46. The molecule has 1 atom stereocenters. The summed E-state index contributed by atoms with van der Waals surface area (Å²) in [6.45, 7) is 4.59. The van der Waals surface area contributed by atoms with Gasteiger partial charge in [-0.05, 0) is 56.2 Å². The Morgan fingerprint density at radius 2 is 1.70 bits per heavy atom. The minimum Gasteiger partial charge on any atom is -0.507 e. The summed E-state index contributed by atoms with van der Waals surface area (Å²) in [5, 5.41) is 11.4. The van der Waals surface area contributed by atoms with Crippen LogP contribution in [-0.4, -0.2) is 55.2 Å². The summed E-state index contributed by atoms with van der Waals surface area (Å²) < 4.78 is 16.0. The number of carbonyl (C=O) groups is 2. The molecule has 1 aliphatic heterocycles. The molecule has 0 aliphatic carbocycles. The minimum atomic E-state index is -0.780. The number of benzene rings is 2. The summed E-state index contributed by atoms with van der Waals surface area (Å²) in [6.07, 6.45) is 0.602. The normalized spacial score (nSPS) is 17.6. The van der Waals surface area contributed by atoms with Crippen LogP contribution in [0.3, 0.4) is 0 Å². The molecule has 1 amide bonds. The van der Waals surface area contributed by atoms with E-state index in [9.17, 15) is 14.7 Å². The van der Waals surface area contributed by atoms with Crippen molar-refractivity contribution in [1.82, 2.24) is 4.90 Å². The predicted octanol–water partition coefficient (Wildman–Crippen LogP) is 4.59. The fraction of sp³-hybridized carbons (Fsp3) is 0.360. The van der Waals surface area contributed by atoms with Gasteiger partial charge in [0.1, 0.15) is 17.3 Å². The molecule has 1 aliphatic rings. The summed E-state index contributed by atoms with van der Waals surface area (Å²) in [6, 6.07) is 11.0. The number of hydrogen-bond donors (Lipinski definition) is 1. The van der Waals surface area contributed by atoms with Crippen LogP contribution in [-0.2, 0) is 14.3 Å². The molecule has 1 heterocycles. The molecule has 2 aromatic carbocycles. The van der Waals surface area contributed by atoms with Crippen LogP contribution in [0.1, 0.15) is 37.4 Å². The first-order valence-electron chi connectivity index (χ1n) is 10.7. The highest BCUT2D eigenvalue weighted by Crippen LogP contribution is 2.41. The smallest absolute Gasteiger partial charge is 0.295 e. The van der Waals surface area contributed by atoms with E-state index in [1.807, 2.05) is 13.8 Å². The molecule has 7 nitrogen and oxygen atoms in total. The van der Waals surface area contributed by atoms with Crippen LogP contribution in [0.25, 0.3) is 5.76 Å². The second kappa shape index (κ2) is 10.7. The van der Waals surface area contributed by atoms with Gasteiger partial charge in [-0.1, -0.05) is 23.7 Å². The third-order valence-electron chi connectivity index (χ3n) is 5.39. The van der Waals surface area contributed by atoms with Crippen LogP contribution in [0.4, 0.5) is 0 Å². The summed E-state index contributed by atoms with van der Waals surface area (Å²) in [5.41, 5.74) is 0.862. The summed E-state index contributed by atoms with van der Waals surface area (Å²) in [5.74, 6) is -0.698. The molecule has 1 unspecified atom stereocenters. The molecule has 33 heavy (non-hydrogen) atoms. The number of halogens is 1. The zero-order chi connectivity index (χ0) is 24.1. The second-order valence-corrected chi connectivity index (χ2v) is 8.29. The predicted molar refractivity (Wildman–Crippen MR) is 126 cm³/mol. The van der Waals surface area contributed by atoms with E-state index in [0.29, 0.717) is 30.1 Å². The standard InChI is InChI=1S/C25H28ClNO6/c1-15(2)33-13-5-12-27-22(16-6-8-17(31-3)9-7-16)21(24(29)25(27)30)23(28)19-14-18(32-4)10-11-20(19)26/h6-11,14-15,22,28H,5,12-13H2,1-4H3/b23-21+. The minimum absolute atomic E-state index is 0.0231. The van der Waals surface area contributed by atoms with Gasteiger partial charge in [-0.2, -0.15) is 0 Å². The Labute approximate surface area is 198 Å². The number of nitrogens with zero attached hydrogens (tertiary/aromatic N) is 1. The van der Waals surface area contributed by atoms with Gasteiger partial charge < -0.3 is 24.2 Å². The van der Waals surface area contributed by atoms with Crippen molar-refractivity contribution in [2.45, 2.75) is 32.4 Å². The van der Waals surface area contributed by atoms with Crippen LogP contribution in [0.5, 0.6) is 11.5 Å². The fourth-order valence-corrected chi connectivity index (χ4v) is 3.96. The van der Waals surface area contributed by atoms with E-state index >= 15 is 0 Å². The average molecular weight is 474 g/mol. The zero-order valence-electron chi connectivity index (χ0n) is 19.1. The van der Waals surface area contributed by atoms with Crippen LogP contribution in [0.15, 0.2) is 48.0 Å². The van der Waals surface area contributed by atoms with Gasteiger partial charge in [0.25, 0.3) is 11.7 Å². The number of aliphatic hydroxyl groups is 1.